The highest BCUT2D eigenvalue weighted by Gasteiger charge is 2.30. The molecule has 1 saturated heterocycles. The minimum atomic E-state index is -0.217. The molecule has 1 aliphatic carbocycles. The predicted octanol–water partition coefficient (Wildman–Crippen LogP) is 5.25. The van der Waals surface area contributed by atoms with Crippen LogP contribution in [0.2, 0.25) is 0 Å². The summed E-state index contributed by atoms with van der Waals surface area (Å²) >= 11 is 2.34. The topological polar surface area (TPSA) is 58.8 Å². The molecular formula is C27H28IN3O2. The molecule has 0 bridgehead atoms. The SMILES string of the molecule is Cc1c(N)cc(CN2CCN(C(=O)OCC3c4ccccc4-c4ccccc43)CC2)cc1I. The van der Waals surface area contributed by atoms with Crippen molar-refractivity contribution in [2.45, 2.75) is 19.4 Å². The van der Waals surface area contributed by atoms with Gasteiger partial charge in [0.15, 0.2) is 0 Å². The van der Waals surface area contributed by atoms with Crippen molar-refractivity contribution in [2.75, 3.05) is 38.5 Å². The third-order valence-electron chi connectivity index (χ3n) is 6.82. The van der Waals surface area contributed by atoms with E-state index in [0.717, 1.165) is 30.9 Å². The third-order valence-corrected chi connectivity index (χ3v) is 7.94. The number of anilines is 1. The minimum absolute atomic E-state index is 0.0945. The Kier molecular flexibility index (Phi) is 6.29. The number of rotatable bonds is 4. The van der Waals surface area contributed by atoms with E-state index in [1.165, 1.54) is 31.4 Å². The van der Waals surface area contributed by atoms with Crippen molar-refractivity contribution in [3.05, 3.63) is 86.5 Å². The Morgan fingerprint density at radius 3 is 2.21 bits per heavy atom. The maximum atomic E-state index is 12.8. The molecule has 6 heteroatoms. The van der Waals surface area contributed by atoms with E-state index in [1.807, 2.05) is 11.8 Å². The van der Waals surface area contributed by atoms with Crippen LogP contribution in [0.1, 0.15) is 28.2 Å². The second kappa shape index (κ2) is 9.35. The highest BCUT2D eigenvalue weighted by molar-refractivity contribution is 14.1. The highest BCUT2D eigenvalue weighted by atomic mass is 127. The summed E-state index contributed by atoms with van der Waals surface area (Å²) in [5.41, 5.74) is 14.3. The van der Waals surface area contributed by atoms with Crippen LogP contribution in [-0.2, 0) is 11.3 Å². The molecule has 1 aliphatic heterocycles. The number of nitrogen functional groups attached to an aromatic ring is 1. The maximum Gasteiger partial charge on any atom is 0.409 e. The van der Waals surface area contributed by atoms with Crippen LogP contribution in [0, 0.1) is 10.5 Å². The summed E-state index contributed by atoms with van der Waals surface area (Å²) < 4.78 is 7.02. The van der Waals surface area contributed by atoms with Gasteiger partial charge in [-0.3, -0.25) is 4.90 Å². The second-order valence-electron chi connectivity index (χ2n) is 8.86. The number of carbonyl (C=O) groups excluding carboxylic acids is 1. The standard InChI is InChI=1S/C27H28IN3O2/c1-18-25(28)14-19(15-26(18)29)16-30-10-12-31(13-11-30)27(32)33-17-24-22-8-4-2-6-20(22)21-7-3-5-9-23(21)24/h2-9,14-15,24H,10-13,16-17,29H2,1H3. The molecule has 0 radical (unpaired) electrons. The zero-order valence-electron chi connectivity index (χ0n) is 18.8. The molecule has 170 valence electrons. The fraction of sp³-hybridized carbons (Fsp3) is 0.296. The number of amides is 1. The fourth-order valence-corrected chi connectivity index (χ4v) is 5.59. The Bertz CT molecular complexity index is 1120. The van der Waals surface area contributed by atoms with Gasteiger partial charge < -0.3 is 15.4 Å². The van der Waals surface area contributed by atoms with E-state index in [-0.39, 0.29) is 12.0 Å². The molecule has 5 rings (SSSR count). The fourth-order valence-electron chi connectivity index (χ4n) is 4.88. The highest BCUT2D eigenvalue weighted by Crippen LogP contribution is 2.44. The van der Waals surface area contributed by atoms with Gasteiger partial charge in [0.1, 0.15) is 6.61 Å². The number of benzene rings is 3. The van der Waals surface area contributed by atoms with E-state index in [1.54, 1.807) is 0 Å². The molecule has 0 aromatic heterocycles. The van der Waals surface area contributed by atoms with Crippen LogP contribution in [0.15, 0.2) is 60.7 Å². The van der Waals surface area contributed by atoms with Crippen LogP contribution < -0.4 is 5.73 Å². The molecular weight excluding hydrogens is 525 g/mol. The van der Waals surface area contributed by atoms with Gasteiger partial charge in [0.05, 0.1) is 0 Å². The monoisotopic (exact) mass is 553 g/mol. The lowest BCUT2D eigenvalue weighted by atomic mass is 9.98. The van der Waals surface area contributed by atoms with Gasteiger partial charge in [0, 0.05) is 47.9 Å². The number of piperazine rings is 1. The molecule has 3 aromatic carbocycles. The Labute approximate surface area is 208 Å². The number of ether oxygens (including phenoxy) is 1. The van der Waals surface area contributed by atoms with Crippen LogP contribution in [-0.4, -0.2) is 48.7 Å². The van der Waals surface area contributed by atoms with E-state index >= 15 is 0 Å². The van der Waals surface area contributed by atoms with E-state index in [2.05, 4.69) is 88.2 Å². The van der Waals surface area contributed by atoms with Crippen LogP contribution >= 0.6 is 22.6 Å². The third kappa shape index (κ3) is 4.46. The van der Waals surface area contributed by atoms with Crippen LogP contribution in [0.3, 0.4) is 0 Å². The average molecular weight is 553 g/mol. The molecule has 0 saturated carbocycles. The lowest BCUT2D eigenvalue weighted by Gasteiger charge is -2.34. The molecule has 5 nitrogen and oxygen atoms in total. The zero-order valence-corrected chi connectivity index (χ0v) is 20.9. The number of carbonyl (C=O) groups is 1. The maximum absolute atomic E-state index is 12.8. The zero-order chi connectivity index (χ0) is 22.9. The van der Waals surface area contributed by atoms with Gasteiger partial charge in [0.25, 0.3) is 0 Å². The minimum Gasteiger partial charge on any atom is -0.448 e. The second-order valence-corrected chi connectivity index (χ2v) is 10.0. The summed E-state index contributed by atoms with van der Waals surface area (Å²) in [5.74, 6) is 0.0945. The summed E-state index contributed by atoms with van der Waals surface area (Å²) in [7, 11) is 0. The van der Waals surface area contributed by atoms with Crippen molar-refractivity contribution >= 4 is 34.4 Å². The summed E-state index contributed by atoms with van der Waals surface area (Å²) in [6.07, 6.45) is -0.217. The van der Waals surface area contributed by atoms with Gasteiger partial charge in [0.2, 0.25) is 0 Å². The first-order chi connectivity index (χ1) is 16.0. The van der Waals surface area contributed by atoms with Gasteiger partial charge in [-0.15, -0.1) is 0 Å². The smallest absolute Gasteiger partial charge is 0.409 e. The van der Waals surface area contributed by atoms with Crippen molar-refractivity contribution in [3.8, 4) is 11.1 Å². The van der Waals surface area contributed by atoms with Crippen LogP contribution in [0.25, 0.3) is 11.1 Å². The quantitative estimate of drug-likeness (QED) is 0.355. The summed E-state index contributed by atoms with van der Waals surface area (Å²) in [6, 6.07) is 21.1. The van der Waals surface area contributed by atoms with Crippen molar-refractivity contribution < 1.29 is 9.53 Å². The first kappa shape index (κ1) is 22.2. The molecule has 0 atom stereocenters. The van der Waals surface area contributed by atoms with Crippen molar-refractivity contribution in [1.29, 1.82) is 0 Å². The van der Waals surface area contributed by atoms with Crippen LogP contribution in [0.5, 0.6) is 0 Å². The summed E-state index contributed by atoms with van der Waals surface area (Å²) in [6.45, 7) is 6.27. The van der Waals surface area contributed by atoms with Gasteiger partial charge in [-0.05, 0) is 75.0 Å². The van der Waals surface area contributed by atoms with Gasteiger partial charge in [-0.1, -0.05) is 48.5 Å². The van der Waals surface area contributed by atoms with E-state index in [0.29, 0.717) is 19.7 Å². The molecule has 3 aromatic rings. The molecule has 2 N–H and O–H groups in total. The average Bonchev–Trinajstić information content (AvgIpc) is 3.15. The molecule has 0 unspecified atom stereocenters. The van der Waals surface area contributed by atoms with Gasteiger partial charge in [-0.2, -0.15) is 0 Å². The van der Waals surface area contributed by atoms with Gasteiger partial charge >= 0.3 is 6.09 Å². The van der Waals surface area contributed by atoms with E-state index in [4.69, 9.17) is 10.5 Å². The van der Waals surface area contributed by atoms with Crippen molar-refractivity contribution in [3.63, 3.8) is 0 Å². The molecule has 0 spiro atoms. The van der Waals surface area contributed by atoms with Crippen molar-refractivity contribution in [2.24, 2.45) is 0 Å². The number of nitrogens with two attached hydrogens (primary N) is 1. The van der Waals surface area contributed by atoms with E-state index in [9.17, 15) is 4.79 Å². The molecule has 2 aliphatic rings. The Morgan fingerprint density at radius 1 is 1.00 bits per heavy atom. The Balaban J connectivity index is 1.17. The predicted molar refractivity (Wildman–Crippen MR) is 140 cm³/mol. The largest absolute Gasteiger partial charge is 0.448 e. The summed E-state index contributed by atoms with van der Waals surface area (Å²) in [4.78, 5) is 17.0. The number of hydrogen-bond acceptors (Lipinski definition) is 4. The molecule has 1 heterocycles. The van der Waals surface area contributed by atoms with Crippen molar-refractivity contribution in [1.82, 2.24) is 9.80 Å². The first-order valence-corrected chi connectivity index (χ1v) is 12.5. The normalized spacial score (nSPS) is 15.9. The number of nitrogens with zero attached hydrogens (tertiary/aromatic N) is 2. The lowest BCUT2D eigenvalue weighted by molar-refractivity contribution is 0.0728. The molecule has 1 fully saturated rings. The lowest BCUT2D eigenvalue weighted by Crippen LogP contribution is -2.48. The molecule has 1 amide bonds. The number of fused-ring (bicyclic) bond motifs is 3. The first-order valence-electron chi connectivity index (χ1n) is 11.4. The number of hydrogen-bond donors (Lipinski definition) is 1. The Hall–Kier alpha value is -2.58. The van der Waals surface area contributed by atoms with Gasteiger partial charge in [-0.25, -0.2) is 4.79 Å². The van der Waals surface area contributed by atoms with E-state index < -0.39 is 0 Å². The Morgan fingerprint density at radius 2 is 1.61 bits per heavy atom. The van der Waals surface area contributed by atoms with Crippen LogP contribution in [0.4, 0.5) is 10.5 Å². The summed E-state index contributed by atoms with van der Waals surface area (Å²) in [5, 5.41) is 0. The molecule has 33 heavy (non-hydrogen) atoms. The number of halogens is 1.